The number of hydrogen-bond donors (Lipinski definition) is 3. The topological polar surface area (TPSA) is 106 Å². The first-order chi connectivity index (χ1) is 15.9. The number of β-amino-alcohol motifs (C(OH)–C–C–N with tert-alkyl or cyclic N) is 1. The number of halogens is 2. The molecule has 11 heteroatoms. The number of nitrogens with one attached hydrogen (secondary N) is 1. The quantitative estimate of drug-likeness (QED) is 0.554. The molecule has 3 aromatic rings. The molecule has 174 valence electrons. The van der Waals surface area contributed by atoms with Crippen LogP contribution in [0, 0.1) is 11.6 Å². The summed E-state index contributed by atoms with van der Waals surface area (Å²) < 4.78 is 29.7. The maximum atomic E-state index is 14.4. The Labute approximate surface area is 188 Å². The van der Waals surface area contributed by atoms with Crippen LogP contribution in [0.2, 0.25) is 0 Å². The molecule has 2 fully saturated rings. The number of fused-ring (bicyclic) bond motifs is 1. The van der Waals surface area contributed by atoms with Crippen molar-refractivity contribution in [3.8, 4) is 0 Å². The normalized spacial score (nSPS) is 23.0. The largest absolute Gasteiger partial charge is 0.394 e. The van der Waals surface area contributed by atoms with Crippen LogP contribution in [0.25, 0.3) is 5.65 Å². The number of carbonyl (C=O) groups is 1. The maximum absolute atomic E-state index is 14.4. The molecule has 0 bridgehead atoms. The average Bonchev–Trinajstić information content (AvgIpc) is 3.53. The molecule has 5 rings (SSSR count). The zero-order chi connectivity index (χ0) is 23.1. The first kappa shape index (κ1) is 21.5. The molecule has 9 nitrogen and oxygen atoms in total. The summed E-state index contributed by atoms with van der Waals surface area (Å²) in [6, 6.07) is 3.93. The SMILES string of the molecule is O=C(Nc1cnn2ccc(N3CCCC3c3cc(F)ccc3F)nc12)N1C[C@@H](O)C[C@@H]1CO. The molecule has 3 atom stereocenters. The van der Waals surface area contributed by atoms with Crippen molar-refractivity contribution in [2.75, 3.05) is 29.9 Å². The van der Waals surface area contributed by atoms with E-state index in [1.165, 1.54) is 21.7 Å². The number of likely N-dealkylation sites (tertiary alicyclic amines) is 1. The lowest BCUT2D eigenvalue weighted by molar-refractivity contribution is 0.164. The number of nitrogens with zero attached hydrogens (tertiary/aromatic N) is 5. The Hall–Kier alpha value is -3.31. The lowest BCUT2D eigenvalue weighted by atomic mass is 10.0. The van der Waals surface area contributed by atoms with Crippen LogP contribution in [0.1, 0.15) is 30.9 Å². The molecule has 0 aliphatic carbocycles. The Morgan fingerprint density at radius 1 is 1.27 bits per heavy atom. The van der Waals surface area contributed by atoms with Gasteiger partial charge in [0.25, 0.3) is 0 Å². The zero-order valence-corrected chi connectivity index (χ0v) is 17.7. The van der Waals surface area contributed by atoms with Gasteiger partial charge in [0.1, 0.15) is 23.1 Å². The fourth-order valence-electron chi connectivity index (χ4n) is 4.74. The van der Waals surface area contributed by atoms with Gasteiger partial charge in [0.15, 0.2) is 5.65 Å². The molecule has 1 unspecified atom stereocenters. The third kappa shape index (κ3) is 3.98. The molecule has 2 saturated heterocycles. The van der Waals surface area contributed by atoms with Crippen LogP contribution in [0.15, 0.2) is 36.7 Å². The Balaban J connectivity index is 1.42. The van der Waals surface area contributed by atoms with Crippen LogP contribution in [0.4, 0.5) is 25.1 Å². The van der Waals surface area contributed by atoms with E-state index in [-0.39, 0.29) is 19.2 Å². The van der Waals surface area contributed by atoms with Crippen LogP contribution in [0.3, 0.4) is 0 Å². The van der Waals surface area contributed by atoms with Crippen molar-refractivity contribution in [3.63, 3.8) is 0 Å². The van der Waals surface area contributed by atoms with E-state index in [1.807, 2.05) is 4.90 Å². The van der Waals surface area contributed by atoms with Gasteiger partial charge in [0.2, 0.25) is 0 Å². The molecule has 33 heavy (non-hydrogen) atoms. The van der Waals surface area contributed by atoms with Crippen molar-refractivity contribution in [1.82, 2.24) is 19.5 Å². The molecule has 0 spiro atoms. The van der Waals surface area contributed by atoms with E-state index in [1.54, 1.807) is 12.3 Å². The van der Waals surface area contributed by atoms with Gasteiger partial charge in [-0.1, -0.05) is 0 Å². The summed E-state index contributed by atoms with van der Waals surface area (Å²) in [4.78, 5) is 20.7. The second kappa shape index (κ2) is 8.56. The minimum Gasteiger partial charge on any atom is -0.394 e. The fraction of sp³-hybridized carbons (Fsp3) is 0.409. The summed E-state index contributed by atoms with van der Waals surface area (Å²) in [6.07, 6.45) is 4.26. The second-order valence-corrected chi connectivity index (χ2v) is 8.44. The Morgan fingerprint density at radius 2 is 2.12 bits per heavy atom. The molecule has 0 saturated carbocycles. The van der Waals surface area contributed by atoms with E-state index in [0.717, 1.165) is 18.6 Å². The Kier molecular flexibility index (Phi) is 5.59. The molecule has 4 heterocycles. The number of aromatic nitrogens is 3. The zero-order valence-electron chi connectivity index (χ0n) is 17.7. The van der Waals surface area contributed by atoms with E-state index in [4.69, 9.17) is 0 Å². The number of carbonyl (C=O) groups excluding carboxylic acids is 1. The summed E-state index contributed by atoms with van der Waals surface area (Å²) in [6.45, 7) is 0.516. The Morgan fingerprint density at radius 3 is 2.94 bits per heavy atom. The molecular formula is C22H24F2N6O3. The molecule has 0 radical (unpaired) electrons. The van der Waals surface area contributed by atoms with Gasteiger partial charge in [-0.3, -0.25) is 0 Å². The summed E-state index contributed by atoms with van der Waals surface area (Å²) in [5.74, 6) is -0.386. The van der Waals surface area contributed by atoms with Crippen molar-refractivity contribution in [3.05, 3.63) is 53.9 Å². The van der Waals surface area contributed by atoms with Gasteiger partial charge in [-0.25, -0.2) is 23.1 Å². The summed E-state index contributed by atoms with van der Waals surface area (Å²) in [5.41, 5.74) is 1.05. The number of aliphatic hydroxyl groups excluding tert-OH is 2. The smallest absolute Gasteiger partial charge is 0.322 e. The monoisotopic (exact) mass is 458 g/mol. The summed E-state index contributed by atoms with van der Waals surface area (Å²) >= 11 is 0. The van der Waals surface area contributed by atoms with Crippen molar-refractivity contribution in [1.29, 1.82) is 0 Å². The van der Waals surface area contributed by atoms with Crippen LogP contribution in [-0.2, 0) is 0 Å². The highest BCUT2D eigenvalue weighted by molar-refractivity contribution is 5.93. The highest BCUT2D eigenvalue weighted by Crippen LogP contribution is 2.37. The molecule has 2 amide bonds. The number of benzene rings is 1. The molecule has 2 aromatic heterocycles. The number of rotatable bonds is 4. The number of aliphatic hydroxyl groups is 2. The van der Waals surface area contributed by atoms with E-state index in [2.05, 4.69) is 15.4 Å². The van der Waals surface area contributed by atoms with Crippen LogP contribution >= 0.6 is 0 Å². The second-order valence-electron chi connectivity index (χ2n) is 8.44. The third-order valence-corrected chi connectivity index (χ3v) is 6.32. The van der Waals surface area contributed by atoms with Gasteiger partial charge in [0, 0.05) is 24.8 Å². The van der Waals surface area contributed by atoms with Gasteiger partial charge in [-0.2, -0.15) is 5.10 Å². The van der Waals surface area contributed by atoms with Crippen LogP contribution in [0.5, 0.6) is 0 Å². The number of anilines is 2. The van der Waals surface area contributed by atoms with Crippen molar-refractivity contribution >= 4 is 23.2 Å². The molecule has 2 aliphatic rings. The third-order valence-electron chi connectivity index (χ3n) is 6.32. The Bertz CT molecular complexity index is 1190. The highest BCUT2D eigenvalue weighted by Gasteiger charge is 2.34. The van der Waals surface area contributed by atoms with Crippen LogP contribution < -0.4 is 10.2 Å². The van der Waals surface area contributed by atoms with E-state index >= 15 is 0 Å². The number of hydrogen-bond acceptors (Lipinski definition) is 6. The van der Waals surface area contributed by atoms with E-state index in [0.29, 0.717) is 42.1 Å². The van der Waals surface area contributed by atoms with E-state index in [9.17, 15) is 23.8 Å². The van der Waals surface area contributed by atoms with Gasteiger partial charge in [0.05, 0.1) is 31.0 Å². The molecule has 1 aromatic carbocycles. The van der Waals surface area contributed by atoms with Crippen molar-refractivity contribution in [2.24, 2.45) is 0 Å². The minimum absolute atomic E-state index is 0.129. The molecule has 2 aliphatic heterocycles. The molecule has 3 N–H and O–H groups in total. The first-order valence-corrected chi connectivity index (χ1v) is 10.9. The number of urea groups is 1. The maximum Gasteiger partial charge on any atom is 0.322 e. The van der Waals surface area contributed by atoms with Crippen molar-refractivity contribution in [2.45, 2.75) is 37.5 Å². The fourth-order valence-corrected chi connectivity index (χ4v) is 4.74. The standard InChI is InChI=1S/C22H24F2N6O3/c23-13-3-4-17(24)16(8-13)19-2-1-6-28(19)20-5-7-30-21(27-20)18(10-25-30)26-22(33)29-11-15(32)9-14(29)12-31/h3-5,7-8,10,14-15,19,31-32H,1-2,6,9,11-12H2,(H,26,33)/t14-,15+,19?/m1/s1. The molecular weight excluding hydrogens is 434 g/mol. The van der Waals surface area contributed by atoms with Gasteiger partial charge in [-0.15, -0.1) is 0 Å². The van der Waals surface area contributed by atoms with Gasteiger partial charge >= 0.3 is 6.03 Å². The van der Waals surface area contributed by atoms with Crippen LogP contribution in [-0.4, -0.2) is 67.6 Å². The minimum atomic E-state index is -0.683. The lowest BCUT2D eigenvalue weighted by Crippen LogP contribution is -2.40. The van der Waals surface area contributed by atoms with Crippen molar-refractivity contribution < 1.29 is 23.8 Å². The highest BCUT2D eigenvalue weighted by atomic mass is 19.1. The van der Waals surface area contributed by atoms with Gasteiger partial charge < -0.3 is 25.3 Å². The average molecular weight is 458 g/mol. The predicted octanol–water partition coefficient (Wildman–Crippen LogP) is 2.31. The summed E-state index contributed by atoms with van der Waals surface area (Å²) in [7, 11) is 0. The number of amides is 2. The first-order valence-electron chi connectivity index (χ1n) is 10.9. The lowest BCUT2D eigenvalue weighted by Gasteiger charge is -2.26. The van der Waals surface area contributed by atoms with E-state index < -0.39 is 29.8 Å². The summed E-state index contributed by atoms with van der Waals surface area (Å²) in [5, 5.41) is 26.3. The predicted molar refractivity (Wildman–Crippen MR) is 116 cm³/mol. The van der Waals surface area contributed by atoms with Gasteiger partial charge in [-0.05, 0) is 43.5 Å².